The number of guanidine groups is 1. The van der Waals surface area contributed by atoms with Gasteiger partial charge in [0, 0.05) is 30.1 Å². The summed E-state index contributed by atoms with van der Waals surface area (Å²) in [6, 6.07) is 2.58. The standard InChI is InChI=1S/C24H36N8O6/c1-12(23(37)38)30-20(34)17(8-5-9-28-24(26)27)31-21(35)18(32-22(36)19(25)13(2)33)10-14-11-29-16-7-4-3-6-15(14)16/h3-4,6-7,11-13,17-19,29,33H,5,8-10,25H2,1-2H3,(H,30,34)(H,31,35)(H,32,36)(H,37,38)(H4,26,27,28). The second kappa shape index (κ2) is 13.9. The van der Waals surface area contributed by atoms with Gasteiger partial charge in [0.1, 0.15) is 24.2 Å². The van der Waals surface area contributed by atoms with Crippen molar-refractivity contribution in [3.8, 4) is 0 Å². The normalized spacial score (nSPS) is 14.9. The maximum absolute atomic E-state index is 13.4. The number of hydrogen-bond acceptors (Lipinski definition) is 7. The first kappa shape index (κ1) is 30.1. The highest BCUT2D eigenvalue weighted by Crippen LogP contribution is 2.19. The van der Waals surface area contributed by atoms with Gasteiger partial charge in [0.25, 0.3) is 0 Å². The summed E-state index contributed by atoms with van der Waals surface area (Å²) in [5.41, 5.74) is 18.0. The Bertz CT molecular complexity index is 1160. The van der Waals surface area contributed by atoms with E-state index >= 15 is 0 Å². The number of carboxylic acid groups (broad SMARTS) is 1. The topological polar surface area (TPSA) is 251 Å². The molecule has 12 N–H and O–H groups in total. The van der Waals surface area contributed by atoms with E-state index < -0.39 is 54.0 Å². The summed E-state index contributed by atoms with van der Waals surface area (Å²) in [4.78, 5) is 57.0. The molecule has 14 heteroatoms. The van der Waals surface area contributed by atoms with E-state index in [0.29, 0.717) is 6.42 Å². The zero-order valence-electron chi connectivity index (χ0n) is 21.3. The number of nitrogens with two attached hydrogens (primary N) is 3. The zero-order valence-corrected chi connectivity index (χ0v) is 21.3. The van der Waals surface area contributed by atoms with Crippen molar-refractivity contribution in [3.63, 3.8) is 0 Å². The number of hydrogen-bond donors (Lipinski definition) is 9. The monoisotopic (exact) mass is 532 g/mol. The lowest BCUT2D eigenvalue weighted by Crippen LogP contribution is -2.58. The Morgan fingerprint density at radius 2 is 1.63 bits per heavy atom. The van der Waals surface area contributed by atoms with Crippen molar-refractivity contribution in [3.05, 3.63) is 36.0 Å². The van der Waals surface area contributed by atoms with Crippen molar-refractivity contribution >= 4 is 40.6 Å². The van der Waals surface area contributed by atoms with Crippen LogP contribution in [-0.2, 0) is 25.6 Å². The molecule has 2 aromatic rings. The van der Waals surface area contributed by atoms with Crippen LogP contribution in [0.25, 0.3) is 10.9 Å². The van der Waals surface area contributed by atoms with Crippen LogP contribution in [0.15, 0.2) is 35.5 Å². The molecule has 5 atom stereocenters. The number of carbonyl (C=O) groups excluding carboxylic acids is 3. The first-order valence-corrected chi connectivity index (χ1v) is 12.1. The number of aromatic amines is 1. The number of aliphatic imine (C=N–C) groups is 1. The number of aromatic nitrogens is 1. The van der Waals surface area contributed by atoms with Gasteiger partial charge in [-0.3, -0.25) is 24.2 Å². The number of carbonyl (C=O) groups is 4. The van der Waals surface area contributed by atoms with Crippen LogP contribution in [0, 0.1) is 0 Å². The van der Waals surface area contributed by atoms with E-state index in [4.69, 9.17) is 22.3 Å². The number of benzene rings is 1. The van der Waals surface area contributed by atoms with E-state index in [-0.39, 0.29) is 25.3 Å². The van der Waals surface area contributed by atoms with Gasteiger partial charge in [0.15, 0.2) is 5.96 Å². The Hall–Kier alpha value is -4.17. The number of para-hydroxylation sites is 1. The minimum absolute atomic E-state index is 0.0436. The molecule has 2 rings (SSSR count). The van der Waals surface area contributed by atoms with Crippen molar-refractivity contribution in [1.82, 2.24) is 20.9 Å². The Balaban J connectivity index is 2.29. The molecule has 0 aliphatic rings. The molecular formula is C24H36N8O6. The summed E-state index contributed by atoms with van der Waals surface area (Å²) in [6.07, 6.45) is 0.964. The predicted octanol–water partition coefficient (Wildman–Crippen LogP) is -1.97. The lowest BCUT2D eigenvalue weighted by molar-refractivity contribution is -0.141. The van der Waals surface area contributed by atoms with Gasteiger partial charge in [-0.1, -0.05) is 18.2 Å². The summed E-state index contributed by atoms with van der Waals surface area (Å²) in [7, 11) is 0. The number of aliphatic hydroxyl groups is 1. The molecule has 0 bridgehead atoms. The van der Waals surface area contributed by atoms with E-state index in [1.54, 1.807) is 6.20 Å². The van der Waals surface area contributed by atoms with Crippen molar-refractivity contribution in [2.75, 3.05) is 6.54 Å². The molecule has 0 saturated carbocycles. The van der Waals surface area contributed by atoms with Gasteiger partial charge in [-0.25, -0.2) is 0 Å². The highest BCUT2D eigenvalue weighted by atomic mass is 16.4. The number of fused-ring (bicyclic) bond motifs is 1. The fraction of sp³-hybridized carbons (Fsp3) is 0.458. The van der Waals surface area contributed by atoms with Crippen LogP contribution in [0.4, 0.5) is 0 Å². The minimum Gasteiger partial charge on any atom is -0.480 e. The molecule has 1 aromatic heterocycles. The third-order valence-electron chi connectivity index (χ3n) is 5.86. The maximum atomic E-state index is 13.4. The molecule has 38 heavy (non-hydrogen) atoms. The van der Waals surface area contributed by atoms with Gasteiger partial charge in [-0.15, -0.1) is 0 Å². The minimum atomic E-state index is -1.29. The number of H-pyrrole nitrogens is 1. The molecule has 0 radical (unpaired) electrons. The summed E-state index contributed by atoms with van der Waals surface area (Å²) in [6.45, 7) is 2.81. The third kappa shape index (κ3) is 8.74. The molecule has 1 heterocycles. The average molecular weight is 533 g/mol. The number of aliphatic carboxylic acids is 1. The van der Waals surface area contributed by atoms with Crippen LogP contribution in [0.3, 0.4) is 0 Å². The van der Waals surface area contributed by atoms with Crippen molar-refractivity contribution in [2.45, 2.75) is 63.4 Å². The molecule has 0 spiro atoms. The zero-order chi connectivity index (χ0) is 28.4. The van der Waals surface area contributed by atoms with Crippen LogP contribution < -0.4 is 33.2 Å². The van der Waals surface area contributed by atoms with Gasteiger partial charge in [-0.2, -0.15) is 0 Å². The highest BCUT2D eigenvalue weighted by molar-refractivity contribution is 5.95. The number of amides is 3. The Kier molecular flexibility index (Phi) is 11.0. The molecule has 14 nitrogen and oxygen atoms in total. The SMILES string of the molecule is CC(NC(=O)C(CCCN=C(N)N)NC(=O)C(Cc1c[nH]c2ccccc12)NC(=O)C(N)C(C)O)C(=O)O. The molecule has 0 aliphatic heterocycles. The van der Waals surface area contributed by atoms with E-state index in [1.807, 2.05) is 24.3 Å². The van der Waals surface area contributed by atoms with Gasteiger partial charge >= 0.3 is 5.97 Å². The second-order valence-electron chi connectivity index (χ2n) is 8.97. The fourth-order valence-electron chi connectivity index (χ4n) is 3.64. The Labute approximate surface area is 219 Å². The van der Waals surface area contributed by atoms with Crippen LogP contribution in [0.2, 0.25) is 0 Å². The van der Waals surface area contributed by atoms with Gasteiger partial charge < -0.3 is 48.3 Å². The molecule has 0 fully saturated rings. The second-order valence-corrected chi connectivity index (χ2v) is 8.97. The van der Waals surface area contributed by atoms with Crippen LogP contribution in [-0.4, -0.2) is 81.7 Å². The van der Waals surface area contributed by atoms with E-state index in [1.165, 1.54) is 13.8 Å². The van der Waals surface area contributed by atoms with Crippen molar-refractivity contribution < 1.29 is 29.4 Å². The number of carboxylic acids is 1. The lowest BCUT2D eigenvalue weighted by Gasteiger charge is -2.25. The lowest BCUT2D eigenvalue weighted by atomic mass is 10.0. The van der Waals surface area contributed by atoms with Crippen LogP contribution >= 0.6 is 0 Å². The molecule has 208 valence electrons. The van der Waals surface area contributed by atoms with E-state index in [9.17, 15) is 24.3 Å². The van der Waals surface area contributed by atoms with Gasteiger partial charge in [-0.05, 0) is 38.3 Å². The molecule has 1 aromatic carbocycles. The Morgan fingerprint density at radius 3 is 2.26 bits per heavy atom. The quantitative estimate of drug-likeness (QED) is 0.0742. The predicted molar refractivity (Wildman–Crippen MR) is 141 cm³/mol. The van der Waals surface area contributed by atoms with Crippen LogP contribution in [0.5, 0.6) is 0 Å². The molecule has 0 saturated heterocycles. The van der Waals surface area contributed by atoms with Crippen molar-refractivity contribution in [1.29, 1.82) is 0 Å². The smallest absolute Gasteiger partial charge is 0.325 e. The summed E-state index contributed by atoms with van der Waals surface area (Å²) >= 11 is 0. The van der Waals surface area contributed by atoms with Crippen LogP contribution in [0.1, 0.15) is 32.3 Å². The van der Waals surface area contributed by atoms with E-state index in [0.717, 1.165) is 16.5 Å². The summed E-state index contributed by atoms with van der Waals surface area (Å²) in [5, 5.41) is 27.2. The fourth-order valence-corrected chi connectivity index (χ4v) is 3.64. The maximum Gasteiger partial charge on any atom is 0.325 e. The summed E-state index contributed by atoms with van der Waals surface area (Å²) < 4.78 is 0. The third-order valence-corrected chi connectivity index (χ3v) is 5.86. The average Bonchev–Trinajstić information content (AvgIpc) is 3.27. The molecule has 0 aliphatic carbocycles. The van der Waals surface area contributed by atoms with E-state index in [2.05, 4.69) is 25.9 Å². The number of nitrogens with one attached hydrogen (secondary N) is 4. The number of aliphatic hydroxyl groups excluding tert-OH is 1. The number of rotatable bonds is 14. The first-order valence-electron chi connectivity index (χ1n) is 12.1. The molecular weight excluding hydrogens is 496 g/mol. The van der Waals surface area contributed by atoms with Crippen molar-refractivity contribution in [2.24, 2.45) is 22.2 Å². The largest absolute Gasteiger partial charge is 0.480 e. The Morgan fingerprint density at radius 1 is 1.00 bits per heavy atom. The van der Waals surface area contributed by atoms with Gasteiger partial charge in [0.2, 0.25) is 17.7 Å². The number of nitrogens with zero attached hydrogens (tertiary/aromatic N) is 1. The molecule has 5 unspecified atom stereocenters. The first-order chi connectivity index (χ1) is 17.9. The molecule has 3 amide bonds. The summed E-state index contributed by atoms with van der Waals surface area (Å²) in [5.74, 6) is -3.57. The van der Waals surface area contributed by atoms with Gasteiger partial charge in [0.05, 0.1) is 6.10 Å². The highest BCUT2D eigenvalue weighted by Gasteiger charge is 2.30.